The Morgan fingerprint density at radius 3 is 2.23 bits per heavy atom. The van der Waals surface area contributed by atoms with Crippen LogP contribution >= 0.6 is 0 Å². The van der Waals surface area contributed by atoms with E-state index in [1.165, 1.54) is 49.5 Å². The molecule has 16 heteroatoms. The number of aromatic nitrogens is 1. The fourth-order valence-electron chi connectivity index (χ4n) is 4.70. The number of rotatable bonds is 9. The minimum Gasteiger partial charge on any atom is -0.457 e. The molecule has 0 aliphatic carbocycles. The Hall–Kier alpha value is -4.73. The van der Waals surface area contributed by atoms with Gasteiger partial charge in [0.25, 0.3) is 17.2 Å². The van der Waals surface area contributed by atoms with Crippen molar-refractivity contribution in [2.45, 2.75) is 56.7 Å². The number of ether oxygens (including phenoxy) is 1. The maximum Gasteiger partial charge on any atom is 0.430 e. The van der Waals surface area contributed by atoms with Crippen LogP contribution < -0.4 is 10.1 Å². The lowest BCUT2D eigenvalue weighted by atomic mass is 9.90. The fraction of sp³-hybridized carbons (Fsp3) is 0.321. The van der Waals surface area contributed by atoms with Crippen LogP contribution in [0.2, 0.25) is 0 Å². The predicted octanol–water partition coefficient (Wildman–Crippen LogP) is 6.01. The number of carbonyl (C=O) groups excluding carboxylic acids is 2. The van der Waals surface area contributed by atoms with E-state index >= 15 is 0 Å². The largest absolute Gasteiger partial charge is 0.457 e. The highest BCUT2D eigenvalue weighted by atomic mass is 19.4. The van der Waals surface area contributed by atoms with E-state index in [0.717, 1.165) is 11.0 Å². The van der Waals surface area contributed by atoms with Crippen molar-refractivity contribution >= 4 is 17.6 Å². The maximum absolute atomic E-state index is 13.4. The quantitative estimate of drug-likeness (QED) is 0.129. The number of aryl methyl sites for hydroxylation is 1. The van der Waals surface area contributed by atoms with Crippen LogP contribution in [0.25, 0.3) is 0 Å². The maximum atomic E-state index is 13.4. The van der Waals surface area contributed by atoms with Gasteiger partial charge < -0.3 is 15.2 Å². The molecule has 44 heavy (non-hydrogen) atoms. The first-order chi connectivity index (χ1) is 20.4. The molecule has 1 saturated heterocycles. The number of aliphatic hydroxyl groups is 1. The van der Waals surface area contributed by atoms with Gasteiger partial charge >= 0.3 is 18.4 Å². The molecule has 3 amide bonds. The number of amides is 3. The van der Waals surface area contributed by atoms with E-state index in [0.29, 0.717) is 24.1 Å². The zero-order valence-corrected chi connectivity index (χ0v) is 23.0. The molecule has 0 spiro atoms. The van der Waals surface area contributed by atoms with Gasteiger partial charge in [-0.2, -0.15) is 26.3 Å². The van der Waals surface area contributed by atoms with Gasteiger partial charge in [0, 0.05) is 30.0 Å². The summed E-state index contributed by atoms with van der Waals surface area (Å²) in [5, 5.41) is 23.3. The van der Waals surface area contributed by atoms with Crippen molar-refractivity contribution in [2.24, 2.45) is 0 Å². The molecule has 0 saturated carbocycles. The molecule has 0 radical (unpaired) electrons. The normalized spacial score (nSPS) is 17.5. The number of carbonyl (C=O) groups is 2. The number of pyridine rings is 1. The molecule has 2 heterocycles. The van der Waals surface area contributed by atoms with E-state index in [4.69, 9.17) is 4.74 Å². The van der Waals surface area contributed by atoms with Gasteiger partial charge in [-0.15, -0.1) is 0 Å². The highest BCUT2D eigenvalue weighted by Gasteiger charge is 2.71. The summed E-state index contributed by atoms with van der Waals surface area (Å²) in [4.78, 5) is 41.3. The molecule has 2 N–H and O–H groups in total. The average Bonchev–Trinajstić information content (AvgIpc) is 3.16. The lowest BCUT2D eigenvalue weighted by molar-refractivity contribution is -0.384. The number of hydrogen-bond acceptors (Lipinski definition) is 7. The molecule has 1 unspecified atom stereocenters. The van der Waals surface area contributed by atoms with Gasteiger partial charge in [-0.25, -0.2) is 4.79 Å². The molecular formula is C28H24F6N4O6. The highest BCUT2D eigenvalue weighted by Crippen LogP contribution is 2.50. The number of alkyl halides is 6. The summed E-state index contributed by atoms with van der Waals surface area (Å²) in [6.07, 6.45) is -10.5. The van der Waals surface area contributed by atoms with Gasteiger partial charge in [-0.3, -0.25) is 24.8 Å². The molecule has 1 aromatic heterocycles. The number of nitrogens with one attached hydrogen (secondary N) is 1. The molecule has 1 atom stereocenters. The van der Waals surface area contributed by atoms with Gasteiger partial charge in [0.2, 0.25) is 0 Å². The summed E-state index contributed by atoms with van der Waals surface area (Å²) in [6.45, 7) is 2.73. The zero-order valence-electron chi connectivity index (χ0n) is 23.0. The third-order valence-electron chi connectivity index (χ3n) is 7.08. The Labute approximate surface area is 245 Å². The van der Waals surface area contributed by atoms with Crippen molar-refractivity contribution in [3.05, 3.63) is 93.3 Å². The van der Waals surface area contributed by atoms with Crippen LogP contribution in [0, 0.1) is 10.1 Å². The van der Waals surface area contributed by atoms with Crippen molar-refractivity contribution in [3.8, 4) is 11.5 Å². The van der Waals surface area contributed by atoms with E-state index < -0.39 is 45.9 Å². The first-order valence-electron chi connectivity index (χ1n) is 12.9. The van der Waals surface area contributed by atoms with Crippen molar-refractivity contribution in [2.75, 3.05) is 0 Å². The van der Waals surface area contributed by atoms with Crippen LogP contribution in [0.3, 0.4) is 0 Å². The molecule has 1 aliphatic heterocycles. The molecule has 234 valence electrons. The average molecular weight is 627 g/mol. The van der Waals surface area contributed by atoms with E-state index in [2.05, 4.69) is 10.3 Å². The van der Waals surface area contributed by atoms with E-state index in [1.54, 1.807) is 6.92 Å². The van der Waals surface area contributed by atoms with Crippen molar-refractivity contribution in [3.63, 3.8) is 0 Å². The number of non-ortho nitro benzene ring substituents is 1. The number of urea groups is 1. The molecule has 3 aromatic rings. The second kappa shape index (κ2) is 11.4. The Bertz CT molecular complexity index is 1580. The smallest absolute Gasteiger partial charge is 0.430 e. The third-order valence-corrected chi connectivity index (χ3v) is 7.08. The van der Waals surface area contributed by atoms with Gasteiger partial charge in [0.15, 0.2) is 0 Å². The van der Waals surface area contributed by atoms with Gasteiger partial charge in [-0.1, -0.05) is 19.4 Å². The van der Waals surface area contributed by atoms with Crippen LogP contribution in [-0.4, -0.2) is 44.2 Å². The summed E-state index contributed by atoms with van der Waals surface area (Å²) >= 11 is 0. The molecule has 10 nitrogen and oxygen atoms in total. The second-order valence-electron chi connectivity index (χ2n) is 10.1. The first-order valence-corrected chi connectivity index (χ1v) is 12.9. The lowest BCUT2D eigenvalue weighted by Gasteiger charge is -2.33. The topological polar surface area (TPSA) is 135 Å². The lowest BCUT2D eigenvalue weighted by Crippen LogP contribution is -2.53. The highest BCUT2D eigenvalue weighted by molar-refractivity contribution is 6.07. The monoisotopic (exact) mass is 626 g/mol. The van der Waals surface area contributed by atoms with Crippen LogP contribution in [0.1, 0.15) is 42.7 Å². The van der Waals surface area contributed by atoms with Crippen LogP contribution in [-0.2, 0) is 28.9 Å². The number of nitrogens with zero attached hydrogens (tertiary/aromatic N) is 3. The number of imide groups is 1. The van der Waals surface area contributed by atoms with Crippen LogP contribution in [0.4, 0.5) is 36.8 Å². The van der Waals surface area contributed by atoms with Crippen molar-refractivity contribution < 1.29 is 50.7 Å². The summed E-state index contributed by atoms with van der Waals surface area (Å²) in [7, 11) is 0. The first kappa shape index (κ1) is 32.2. The SMILES string of the molecule is CCCc1cc(C(O)(C(F)(F)F)C(F)(F)F)ccc1Oc1ccnc(CN2C(=O)NC(C)(c3ccc([N+](=O)[O-])cc3)C2=O)c1. The number of benzene rings is 2. The molecule has 1 fully saturated rings. The Morgan fingerprint density at radius 1 is 1.02 bits per heavy atom. The summed E-state index contributed by atoms with van der Waals surface area (Å²) in [5.74, 6) is -0.709. The summed E-state index contributed by atoms with van der Waals surface area (Å²) in [6, 6.07) is 8.93. The molecule has 4 rings (SSSR count). The minimum absolute atomic E-state index is 0.0105. The van der Waals surface area contributed by atoms with E-state index in [9.17, 15) is 51.2 Å². The van der Waals surface area contributed by atoms with E-state index in [1.807, 2.05) is 0 Å². The van der Waals surface area contributed by atoms with Crippen molar-refractivity contribution in [1.29, 1.82) is 0 Å². The predicted molar refractivity (Wildman–Crippen MR) is 140 cm³/mol. The Balaban J connectivity index is 1.58. The van der Waals surface area contributed by atoms with Crippen LogP contribution in [0.15, 0.2) is 60.8 Å². The van der Waals surface area contributed by atoms with Crippen molar-refractivity contribution in [1.82, 2.24) is 15.2 Å². The van der Waals surface area contributed by atoms with Gasteiger partial charge in [0.1, 0.15) is 17.0 Å². The molecule has 0 bridgehead atoms. The second-order valence-corrected chi connectivity index (χ2v) is 10.1. The molecular weight excluding hydrogens is 602 g/mol. The molecule has 2 aromatic carbocycles. The summed E-state index contributed by atoms with van der Waals surface area (Å²) < 4.78 is 86.3. The fourth-order valence-corrected chi connectivity index (χ4v) is 4.70. The number of nitro benzene ring substituents is 1. The number of halogens is 6. The molecule has 1 aliphatic rings. The zero-order chi connectivity index (χ0) is 32.7. The summed E-state index contributed by atoms with van der Waals surface area (Å²) in [5.41, 5.74) is -7.86. The third kappa shape index (κ3) is 5.76. The standard InChI is InChI=1S/C28H24F6N4O6/c1-3-4-16-13-18(26(41,27(29,30)31)28(32,33)34)7-10-22(16)44-21-11-12-35-19(14-21)15-37-23(39)25(2,36-24(37)40)17-5-8-20(9-6-17)38(42)43/h5-14,41H,3-4,15H2,1-2H3,(H,36,40). The van der Waals surface area contributed by atoms with Gasteiger partial charge in [0.05, 0.1) is 17.2 Å². The minimum atomic E-state index is -6.05. The Kier molecular flexibility index (Phi) is 8.34. The number of nitro groups is 1. The van der Waals surface area contributed by atoms with Gasteiger partial charge in [-0.05, 0) is 54.8 Å². The van der Waals surface area contributed by atoms with Crippen LogP contribution in [0.5, 0.6) is 11.5 Å². The number of hydrogen-bond donors (Lipinski definition) is 2. The van der Waals surface area contributed by atoms with E-state index in [-0.39, 0.29) is 41.4 Å². The Morgan fingerprint density at radius 2 is 1.66 bits per heavy atom.